The molecule has 2 unspecified atom stereocenters. The van der Waals surface area contributed by atoms with Crippen molar-refractivity contribution in [2.45, 2.75) is 50.9 Å². The maximum atomic E-state index is 14.7. The number of aryl methyl sites for hydroxylation is 1. The number of fused-ring (bicyclic) bond motifs is 2. The number of rotatable bonds is 3. The van der Waals surface area contributed by atoms with E-state index in [0.717, 1.165) is 0 Å². The summed E-state index contributed by atoms with van der Waals surface area (Å²) in [6.07, 6.45) is -5.12. The molecule has 5 nitrogen and oxygen atoms in total. The van der Waals surface area contributed by atoms with E-state index >= 15 is 0 Å². The zero-order valence-corrected chi connectivity index (χ0v) is 17.2. The highest BCUT2D eigenvalue weighted by molar-refractivity contribution is 5.91. The van der Waals surface area contributed by atoms with Crippen molar-refractivity contribution < 1.29 is 32.2 Å². The minimum Gasteiger partial charge on any atom is -0.505 e. The van der Waals surface area contributed by atoms with Crippen LogP contribution in [0, 0.1) is 18.6 Å². The predicted molar refractivity (Wildman–Crippen MR) is 107 cm³/mol. The van der Waals surface area contributed by atoms with Crippen LogP contribution in [0.4, 0.5) is 27.6 Å². The Morgan fingerprint density at radius 1 is 1.22 bits per heavy atom. The molecule has 2 atom stereocenters. The molecule has 0 saturated carbocycles. The number of phenolic OH excluding ortho intramolecular Hbond substituents is 1. The van der Waals surface area contributed by atoms with E-state index in [2.05, 4.69) is 15.3 Å². The SMILES string of the molecule is CCc1c(F)c(F)c(O)c2c1C(Nc1cccc3nc(C)ncc13)C(O)(C(F)(F)F)CC2. The molecule has 2 aromatic carbocycles. The maximum absolute atomic E-state index is 14.7. The van der Waals surface area contributed by atoms with Crippen LogP contribution in [0.5, 0.6) is 5.75 Å². The van der Waals surface area contributed by atoms with Gasteiger partial charge in [-0.1, -0.05) is 13.0 Å². The lowest BCUT2D eigenvalue weighted by Crippen LogP contribution is -2.55. The quantitative estimate of drug-likeness (QED) is 0.493. The zero-order valence-electron chi connectivity index (χ0n) is 17.2. The molecule has 32 heavy (non-hydrogen) atoms. The molecule has 0 aliphatic heterocycles. The molecule has 3 aromatic rings. The van der Waals surface area contributed by atoms with Crippen molar-refractivity contribution in [2.75, 3.05) is 5.32 Å². The molecular formula is C22H20F5N3O2. The topological polar surface area (TPSA) is 78.3 Å². The Kier molecular flexibility index (Phi) is 5.23. The summed E-state index contributed by atoms with van der Waals surface area (Å²) in [6.45, 7) is 3.12. The van der Waals surface area contributed by atoms with E-state index in [4.69, 9.17) is 0 Å². The van der Waals surface area contributed by atoms with Gasteiger partial charge in [0.2, 0.25) is 5.82 Å². The van der Waals surface area contributed by atoms with Crippen LogP contribution in [0.2, 0.25) is 0 Å². The van der Waals surface area contributed by atoms with Crippen molar-refractivity contribution in [3.8, 4) is 5.75 Å². The largest absolute Gasteiger partial charge is 0.505 e. The monoisotopic (exact) mass is 453 g/mol. The number of aromatic hydroxyl groups is 1. The molecule has 3 N–H and O–H groups in total. The van der Waals surface area contributed by atoms with Gasteiger partial charge in [0.1, 0.15) is 5.82 Å². The fourth-order valence-corrected chi connectivity index (χ4v) is 4.37. The van der Waals surface area contributed by atoms with Gasteiger partial charge in [-0.3, -0.25) is 0 Å². The molecule has 1 aliphatic rings. The molecule has 0 saturated heterocycles. The third-order valence-corrected chi connectivity index (χ3v) is 6.01. The lowest BCUT2D eigenvalue weighted by molar-refractivity contribution is -0.270. The minimum atomic E-state index is -5.09. The number of benzene rings is 2. The van der Waals surface area contributed by atoms with Gasteiger partial charge in [0.05, 0.1) is 11.6 Å². The number of aromatic nitrogens is 2. The number of hydrogen-bond acceptors (Lipinski definition) is 5. The highest BCUT2D eigenvalue weighted by Gasteiger charge is 2.61. The molecule has 0 spiro atoms. The highest BCUT2D eigenvalue weighted by atomic mass is 19.4. The molecule has 0 radical (unpaired) electrons. The normalized spacial score (nSPS) is 20.9. The predicted octanol–water partition coefficient (Wildman–Crippen LogP) is 4.88. The summed E-state index contributed by atoms with van der Waals surface area (Å²) >= 11 is 0. The van der Waals surface area contributed by atoms with Crippen LogP contribution in [0.15, 0.2) is 24.4 Å². The van der Waals surface area contributed by atoms with Crippen LogP contribution in [-0.4, -0.2) is 32.0 Å². The smallest absolute Gasteiger partial charge is 0.419 e. The van der Waals surface area contributed by atoms with Crippen molar-refractivity contribution >= 4 is 16.6 Å². The number of nitrogens with one attached hydrogen (secondary N) is 1. The first kappa shape index (κ1) is 22.2. The van der Waals surface area contributed by atoms with E-state index < -0.39 is 48.0 Å². The number of alkyl halides is 3. The number of nitrogens with zero attached hydrogens (tertiary/aromatic N) is 2. The van der Waals surface area contributed by atoms with E-state index in [1.807, 2.05) is 0 Å². The molecule has 1 aliphatic carbocycles. The van der Waals surface area contributed by atoms with E-state index in [1.54, 1.807) is 19.1 Å². The van der Waals surface area contributed by atoms with Crippen molar-refractivity contribution in [1.82, 2.24) is 9.97 Å². The number of hydrogen-bond donors (Lipinski definition) is 3. The second-order valence-corrected chi connectivity index (χ2v) is 7.86. The summed E-state index contributed by atoms with van der Waals surface area (Å²) in [5.41, 5.74) is -3.44. The molecule has 170 valence electrons. The summed E-state index contributed by atoms with van der Waals surface area (Å²) in [4.78, 5) is 8.33. The van der Waals surface area contributed by atoms with Crippen LogP contribution in [0.1, 0.15) is 41.9 Å². The van der Waals surface area contributed by atoms with Gasteiger partial charge in [0.15, 0.2) is 17.2 Å². The molecule has 10 heteroatoms. The average molecular weight is 453 g/mol. The van der Waals surface area contributed by atoms with Crippen LogP contribution in [0.3, 0.4) is 0 Å². The Labute approximate surface area is 179 Å². The zero-order chi connectivity index (χ0) is 23.4. The fraction of sp³-hybridized carbons (Fsp3) is 0.364. The molecule has 0 amide bonds. The third kappa shape index (κ3) is 3.24. The van der Waals surface area contributed by atoms with Crippen molar-refractivity contribution in [2.24, 2.45) is 0 Å². The van der Waals surface area contributed by atoms with Gasteiger partial charge in [-0.05, 0) is 49.4 Å². The lowest BCUT2D eigenvalue weighted by Gasteiger charge is -2.44. The van der Waals surface area contributed by atoms with Gasteiger partial charge in [-0.15, -0.1) is 0 Å². The van der Waals surface area contributed by atoms with Crippen molar-refractivity contribution in [3.05, 3.63) is 58.5 Å². The fourth-order valence-electron chi connectivity index (χ4n) is 4.37. The lowest BCUT2D eigenvalue weighted by atomic mass is 9.73. The highest BCUT2D eigenvalue weighted by Crippen LogP contribution is 2.52. The summed E-state index contributed by atoms with van der Waals surface area (Å²) in [7, 11) is 0. The van der Waals surface area contributed by atoms with E-state index in [9.17, 15) is 32.2 Å². The summed E-state index contributed by atoms with van der Waals surface area (Å²) in [6, 6.07) is 2.79. The average Bonchev–Trinajstić information content (AvgIpc) is 2.73. The Hall–Kier alpha value is -3.01. The number of anilines is 1. The van der Waals surface area contributed by atoms with Crippen LogP contribution in [-0.2, 0) is 12.8 Å². The summed E-state index contributed by atoms with van der Waals surface area (Å²) in [5.74, 6) is -3.52. The van der Waals surface area contributed by atoms with Gasteiger partial charge in [-0.25, -0.2) is 14.4 Å². The number of phenols is 1. The minimum absolute atomic E-state index is 0.144. The standard InChI is InChI=1S/C22H20F5N3O2/c1-3-11-16-12(19(31)18(24)17(11)23)7-8-21(32,22(25,26)27)20(16)30-15-6-4-5-14-13(15)9-28-10(2)29-14/h4-6,9,20,30-32H,3,7-8H2,1-2H3. The van der Waals surface area contributed by atoms with E-state index in [0.29, 0.717) is 16.7 Å². The van der Waals surface area contributed by atoms with E-state index in [-0.39, 0.29) is 28.8 Å². The molecule has 0 fully saturated rings. The first-order valence-electron chi connectivity index (χ1n) is 9.99. The Morgan fingerprint density at radius 3 is 2.59 bits per heavy atom. The van der Waals surface area contributed by atoms with Gasteiger partial charge in [0, 0.05) is 22.8 Å². The second kappa shape index (κ2) is 7.54. The Bertz CT molecular complexity index is 1190. The first-order chi connectivity index (χ1) is 15.0. The van der Waals surface area contributed by atoms with Gasteiger partial charge in [-0.2, -0.15) is 17.6 Å². The molecule has 1 aromatic heterocycles. The van der Waals surface area contributed by atoms with E-state index in [1.165, 1.54) is 19.2 Å². The molecular weight excluding hydrogens is 433 g/mol. The third-order valence-electron chi connectivity index (χ3n) is 6.01. The van der Waals surface area contributed by atoms with Gasteiger partial charge in [0.25, 0.3) is 0 Å². The Balaban J connectivity index is 1.98. The molecule has 0 bridgehead atoms. The van der Waals surface area contributed by atoms with Gasteiger partial charge >= 0.3 is 6.18 Å². The number of aliphatic hydroxyl groups is 1. The van der Waals surface area contributed by atoms with Crippen LogP contribution >= 0.6 is 0 Å². The second-order valence-electron chi connectivity index (χ2n) is 7.86. The molecule has 1 heterocycles. The summed E-state index contributed by atoms with van der Waals surface area (Å²) in [5, 5.41) is 24.1. The van der Waals surface area contributed by atoms with Gasteiger partial charge < -0.3 is 15.5 Å². The van der Waals surface area contributed by atoms with Crippen LogP contribution in [0.25, 0.3) is 10.9 Å². The Morgan fingerprint density at radius 2 is 1.94 bits per heavy atom. The maximum Gasteiger partial charge on any atom is 0.419 e. The van der Waals surface area contributed by atoms with Crippen molar-refractivity contribution in [1.29, 1.82) is 0 Å². The van der Waals surface area contributed by atoms with Crippen LogP contribution < -0.4 is 5.32 Å². The van der Waals surface area contributed by atoms with Crippen molar-refractivity contribution in [3.63, 3.8) is 0 Å². The number of halogens is 5. The molecule has 4 rings (SSSR count). The first-order valence-corrected chi connectivity index (χ1v) is 9.99. The summed E-state index contributed by atoms with van der Waals surface area (Å²) < 4.78 is 71.2.